The van der Waals surface area contributed by atoms with Gasteiger partial charge < -0.3 is 14.3 Å². The van der Waals surface area contributed by atoms with E-state index >= 15 is 0 Å². The minimum Gasteiger partial charge on any atom is -0.503 e. The van der Waals surface area contributed by atoms with Crippen molar-refractivity contribution in [2.45, 2.75) is 76.5 Å². The summed E-state index contributed by atoms with van der Waals surface area (Å²) in [5, 5.41) is 3.38. The van der Waals surface area contributed by atoms with Crippen LogP contribution in [0.15, 0.2) is 84.0 Å². The molecule has 1 aliphatic carbocycles. The van der Waals surface area contributed by atoms with Gasteiger partial charge in [0.2, 0.25) is 0 Å². The predicted molar refractivity (Wildman–Crippen MR) is 194 cm³/mol. The summed E-state index contributed by atoms with van der Waals surface area (Å²) in [6.07, 6.45) is 1.87. The first-order valence-corrected chi connectivity index (χ1v) is 17.2. The fourth-order valence-electron chi connectivity index (χ4n) is 8.60. The third kappa shape index (κ3) is 3.89. The number of aryl methyl sites for hydroxylation is 2. The van der Waals surface area contributed by atoms with Crippen molar-refractivity contribution in [3.63, 3.8) is 0 Å². The largest absolute Gasteiger partial charge is 2.00 e. The van der Waals surface area contributed by atoms with Crippen molar-refractivity contribution in [2.24, 2.45) is 4.99 Å². The van der Waals surface area contributed by atoms with E-state index in [0.717, 1.165) is 38.5 Å². The Kier molecular flexibility index (Phi) is 6.70. The maximum Gasteiger partial charge on any atom is 2.00 e. The van der Waals surface area contributed by atoms with Gasteiger partial charge in [0, 0.05) is 38.9 Å². The van der Waals surface area contributed by atoms with Crippen molar-refractivity contribution in [1.82, 2.24) is 9.55 Å². The molecule has 0 fully saturated rings. The van der Waals surface area contributed by atoms with E-state index < -0.39 is 0 Å². The summed E-state index contributed by atoms with van der Waals surface area (Å²) in [4.78, 5) is 10.4. The number of aliphatic imine (C=N–C) groups is 1. The van der Waals surface area contributed by atoms with Crippen molar-refractivity contribution in [1.29, 1.82) is 0 Å². The van der Waals surface area contributed by atoms with Gasteiger partial charge in [-0.15, -0.1) is 46.1 Å². The van der Waals surface area contributed by atoms with Crippen molar-refractivity contribution < 1.29 is 25.8 Å². The minimum atomic E-state index is -0.298. The molecule has 0 saturated heterocycles. The van der Waals surface area contributed by atoms with E-state index in [1.807, 2.05) is 24.0 Å². The Balaban J connectivity index is 0.00000336. The van der Waals surface area contributed by atoms with E-state index in [0.29, 0.717) is 11.5 Å². The van der Waals surface area contributed by atoms with Crippen LogP contribution in [0.5, 0.6) is 11.5 Å². The molecule has 0 N–H and O–H groups in total. The second-order valence-corrected chi connectivity index (χ2v) is 16.3. The maximum absolute atomic E-state index is 6.73. The average Bonchev–Trinajstić information content (AvgIpc) is 3.57. The Bertz CT molecular complexity index is 2390. The third-order valence-corrected chi connectivity index (χ3v) is 13.2. The molecule has 242 valence electrons. The van der Waals surface area contributed by atoms with Crippen molar-refractivity contribution in [2.75, 3.05) is 0 Å². The molecule has 0 spiro atoms. The van der Waals surface area contributed by atoms with Crippen LogP contribution in [0.3, 0.4) is 0 Å². The van der Waals surface area contributed by atoms with Gasteiger partial charge >= 0.3 is 21.1 Å². The summed E-state index contributed by atoms with van der Waals surface area (Å²) in [6, 6.07) is 33.5. The first-order valence-electron chi connectivity index (χ1n) is 16.4. The van der Waals surface area contributed by atoms with Crippen LogP contribution in [0.2, 0.25) is 0 Å². The molecular formula is C42H37N3OPtS. The van der Waals surface area contributed by atoms with Gasteiger partial charge in [0.25, 0.3) is 0 Å². The monoisotopic (exact) mass is 826 g/mol. The van der Waals surface area contributed by atoms with Gasteiger partial charge in [0.1, 0.15) is 5.65 Å². The molecule has 2 aromatic heterocycles. The van der Waals surface area contributed by atoms with Crippen LogP contribution in [0.1, 0.15) is 80.5 Å². The molecule has 2 aliphatic heterocycles. The zero-order valence-electron chi connectivity index (χ0n) is 28.5. The summed E-state index contributed by atoms with van der Waals surface area (Å²) < 4.78 is 8.83. The zero-order valence-corrected chi connectivity index (χ0v) is 31.6. The molecule has 0 radical (unpaired) electrons. The summed E-state index contributed by atoms with van der Waals surface area (Å²) in [6.45, 7) is 18.2. The van der Waals surface area contributed by atoms with Crippen LogP contribution >= 0.6 is 11.8 Å². The number of aromatic nitrogens is 2. The van der Waals surface area contributed by atoms with Crippen LogP contribution in [-0.4, -0.2) is 20.1 Å². The first-order chi connectivity index (χ1) is 22.3. The molecule has 0 saturated carbocycles. The zero-order chi connectivity index (χ0) is 32.7. The topological polar surface area (TPSA) is 39.4 Å². The fourth-order valence-corrected chi connectivity index (χ4v) is 10.2. The SMILES string of the molecule is Cc1cc(Oc2[c-]c3c(cc2C)C(C)(C)c2cccc4c5cccnc5n-3c24)[c-]c(C2=N[C@]3(C)C(C)(C)c4ccccc4[C@]3(C)S2)c1.[Pt+2]. The third-order valence-electron chi connectivity index (χ3n) is 11.6. The Hall–Kier alpha value is -3.66. The molecule has 6 aromatic rings. The molecular weight excluding hydrogens is 790 g/mol. The van der Waals surface area contributed by atoms with Gasteiger partial charge in [-0.05, 0) is 48.1 Å². The normalized spacial score (nSPS) is 22.5. The van der Waals surface area contributed by atoms with Gasteiger partial charge in [-0.25, -0.2) is 4.98 Å². The van der Waals surface area contributed by atoms with Gasteiger partial charge in [-0.1, -0.05) is 102 Å². The van der Waals surface area contributed by atoms with Gasteiger partial charge in [0.15, 0.2) is 0 Å². The molecule has 6 heteroatoms. The van der Waals surface area contributed by atoms with Crippen LogP contribution < -0.4 is 4.74 Å². The van der Waals surface area contributed by atoms with Crippen molar-refractivity contribution >= 4 is 38.7 Å². The smallest absolute Gasteiger partial charge is 0.503 e. The molecule has 0 unspecified atom stereocenters. The van der Waals surface area contributed by atoms with E-state index in [9.17, 15) is 0 Å². The number of nitrogens with zero attached hydrogens (tertiary/aromatic N) is 3. The molecule has 4 nitrogen and oxygen atoms in total. The van der Waals surface area contributed by atoms with Crippen LogP contribution in [-0.2, 0) is 36.6 Å². The molecule has 3 aliphatic rings. The van der Waals surface area contributed by atoms with Crippen LogP contribution in [0.25, 0.3) is 27.6 Å². The summed E-state index contributed by atoms with van der Waals surface area (Å²) >= 11 is 1.86. The number of fused-ring (bicyclic) bond motifs is 8. The molecule has 0 bridgehead atoms. The molecule has 0 amide bonds. The maximum atomic E-state index is 6.73. The number of ether oxygens (including phenoxy) is 1. The van der Waals surface area contributed by atoms with E-state index in [1.54, 1.807) is 0 Å². The van der Waals surface area contributed by atoms with E-state index in [2.05, 4.69) is 139 Å². The number of benzene rings is 4. The quantitative estimate of drug-likeness (QED) is 0.167. The molecule has 9 rings (SSSR count). The van der Waals surface area contributed by atoms with Crippen LogP contribution in [0, 0.1) is 26.0 Å². The van der Waals surface area contributed by atoms with E-state index in [-0.39, 0.29) is 42.2 Å². The second kappa shape index (κ2) is 10.2. The Morgan fingerprint density at radius 2 is 1.50 bits per heavy atom. The van der Waals surface area contributed by atoms with Gasteiger partial charge in [-0.3, -0.25) is 0 Å². The van der Waals surface area contributed by atoms with Crippen molar-refractivity contribution in [3.05, 3.63) is 130 Å². The minimum absolute atomic E-state index is 0. The molecule has 48 heavy (non-hydrogen) atoms. The van der Waals surface area contributed by atoms with Crippen LogP contribution in [0.4, 0.5) is 0 Å². The van der Waals surface area contributed by atoms with Gasteiger partial charge in [-0.2, -0.15) is 6.07 Å². The number of rotatable bonds is 3. The fraction of sp³-hybridized carbons (Fsp3) is 0.286. The predicted octanol–water partition coefficient (Wildman–Crippen LogP) is 10.3. The first kappa shape index (κ1) is 31.6. The van der Waals surface area contributed by atoms with Crippen molar-refractivity contribution in [3.8, 4) is 17.2 Å². The average molecular weight is 827 g/mol. The Labute approximate surface area is 301 Å². The summed E-state index contributed by atoms with van der Waals surface area (Å²) in [5.74, 6) is 1.37. The van der Waals surface area contributed by atoms with E-state index in [4.69, 9.17) is 14.7 Å². The number of pyridine rings is 1. The number of para-hydroxylation sites is 1. The molecule has 4 heterocycles. The standard InChI is InChI=1S/C42H37N3OS.Pt/c1-24-19-26(38-44-42(8)40(5,6)30-15-9-10-16-31(30)41(42,7)47-38)22-27(20-24)46-35-23-34-33(21-25(35)2)39(3,4)32-17-11-13-28-29-14-12-18-43-37(29)45(34)36(28)32;/h9-21H,1-8H3;/q-2;+2/t41-,42+;/m0./s1. The summed E-state index contributed by atoms with van der Waals surface area (Å²) in [7, 11) is 0. The Morgan fingerprint density at radius 3 is 2.29 bits per heavy atom. The van der Waals surface area contributed by atoms with E-state index in [1.165, 1.54) is 33.2 Å². The number of hydrogen-bond donors (Lipinski definition) is 0. The second-order valence-electron chi connectivity index (χ2n) is 14.9. The Morgan fingerprint density at radius 1 is 0.771 bits per heavy atom. The molecule has 2 atom stereocenters. The summed E-state index contributed by atoms with van der Waals surface area (Å²) in [5.41, 5.74) is 10.9. The number of hydrogen-bond acceptors (Lipinski definition) is 4. The van der Waals surface area contributed by atoms with Gasteiger partial charge in [0.05, 0.1) is 15.8 Å². The molecule has 4 aromatic carbocycles. The number of thioether (sulfide) groups is 1.